The second-order valence-corrected chi connectivity index (χ2v) is 7.25. The van der Waals surface area contributed by atoms with Gasteiger partial charge in [0.05, 0.1) is 5.02 Å². The number of carbonyl (C=O) groups excluding carboxylic acids is 1. The molecule has 0 aliphatic carbocycles. The molecular formula is C16H24BrClN2O2. The number of halogens is 2. The van der Waals surface area contributed by atoms with Gasteiger partial charge in [0.25, 0.3) is 0 Å². The number of carbonyl (C=O) groups is 1. The molecule has 0 atom stereocenters. The van der Waals surface area contributed by atoms with Crippen molar-refractivity contribution in [2.75, 3.05) is 19.6 Å². The fourth-order valence-electron chi connectivity index (χ4n) is 1.80. The molecule has 0 saturated heterocycles. The van der Waals surface area contributed by atoms with Crippen molar-refractivity contribution in [2.45, 2.75) is 39.8 Å². The molecule has 6 heteroatoms. The number of likely N-dealkylation sites (N-methyl/N-ethyl adjacent to an activating group) is 1. The molecule has 0 unspecified atom stereocenters. The van der Waals surface area contributed by atoms with Crippen LogP contribution in [-0.2, 0) is 11.3 Å². The number of hydrogen-bond acceptors (Lipinski definition) is 3. The van der Waals surface area contributed by atoms with Crippen molar-refractivity contribution in [1.29, 1.82) is 0 Å². The standard InChI is InChI=1S/C16H24BrClN2O2/c1-5-20(15(21)22-16(2,3)4)9-8-19-11-12-6-7-13(17)14(18)10-12/h6-7,10,19H,5,8-9,11H2,1-4H3. The van der Waals surface area contributed by atoms with Gasteiger partial charge >= 0.3 is 6.09 Å². The third kappa shape index (κ3) is 6.99. The molecule has 0 saturated carbocycles. The van der Waals surface area contributed by atoms with Gasteiger partial charge in [-0.15, -0.1) is 0 Å². The highest BCUT2D eigenvalue weighted by Crippen LogP contribution is 2.23. The van der Waals surface area contributed by atoms with Crippen molar-refractivity contribution in [3.8, 4) is 0 Å². The lowest BCUT2D eigenvalue weighted by Gasteiger charge is -2.26. The minimum Gasteiger partial charge on any atom is -0.444 e. The molecule has 0 bridgehead atoms. The van der Waals surface area contributed by atoms with Crippen molar-refractivity contribution in [3.05, 3.63) is 33.3 Å². The Morgan fingerprint density at radius 1 is 1.41 bits per heavy atom. The topological polar surface area (TPSA) is 41.6 Å². The lowest BCUT2D eigenvalue weighted by Crippen LogP contribution is -2.40. The summed E-state index contributed by atoms with van der Waals surface area (Å²) in [7, 11) is 0. The Morgan fingerprint density at radius 3 is 2.64 bits per heavy atom. The van der Waals surface area contributed by atoms with Crippen LogP contribution in [0.4, 0.5) is 4.79 Å². The van der Waals surface area contributed by atoms with Crippen LogP contribution in [0.25, 0.3) is 0 Å². The number of nitrogens with one attached hydrogen (secondary N) is 1. The number of hydrogen-bond donors (Lipinski definition) is 1. The van der Waals surface area contributed by atoms with Crippen LogP contribution >= 0.6 is 27.5 Å². The van der Waals surface area contributed by atoms with E-state index < -0.39 is 5.60 Å². The molecule has 1 rings (SSSR count). The second kappa shape index (κ2) is 8.75. The molecular weight excluding hydrogens is 368 g/mol. The van der Waals surface area contributed by atoms with Crippen LogP contribution in [0.15, 0.2) is 22.7 Å². The Balaban J connectivity index is 2.38. The summed E-state index contributed by atoms with van der Waals surface area (Å²) in [5, 5.41) is 4.00. The number of amides is 1. The van der Waals surface area contributed by atoms with E-state index in [1.54, 1.807) is 4.90 Å². The summed E-state index contributed by atoms with van der Waals surface area (Å²) < 4.78 is 6.26. The van der Waals surface area contributed by atoms with Crippen LogP contribution in [0.5, 0.6) is 0 Å². The molecule has 1 aromatic carbocycles. The number of benzene rings is 1. The fourth-order valence-corrected chi connectivity index (χ4v) is 2.25. The summed E-state index contributed by atoms with van der Waals surface area (Å²) in [4.78, 5) is 13.7. The Hall–Kier alpha value is -0.780. The maximum Gasteiger partial charge on any atom is 0.410 e. The van der Waals surface area contributed by atoms with Crippen LogP contribution in [0.3, 0.4) is 0 Å². The third-order valence-electron chi connectivity index (χ3n) is 2.91. The smallest absolute Gasteiger partial charge is 0.410 e. The van der Waals surface area contributed by atoms with E-state index in [0.29, 0.717) is 31.2 Å². The monoisotopic (exact) mass is 390 g/mol. The highest BCUT2D eigenvalue weighted by Gasteiger charge is 2.20. The molecule has 0 aromatic heterocycles. The van der Waals surface area contributed by atoms with Crippen molar-refractivity contribution in [1.82, 2.24) is 10.2 Å². The lowest BCUT2D eigenvalue weighted by molar-refractivity contribution is 0.0262. The quantitative estimate of drug-likeness (QED) is 0.728. The van der Waals surface area contributed by atoms with Gasteiger partial charge < -0.3 is 15.0 Å². The lowest BCUT2D eigenvalue weighted by atomic mass is 10.2. The normalized spacial score (nSPS) is 11.4. The van der Waals surface area contributed by atoms with Gasteiger partial charge in [0.1, 0.15) is 5.60 Å². The average molecular weight is 392 g/mol. The van der Waals surface area contributed by atoms with Gasteiger partial charge in [0.2, 0.25) is 0 Å². The van der Waals surface area contributed by atoms with Crippen LogP contribution in [0, 0.1) is 0 Å². The predicted octanol–water partition coefficient (Wildman–Crippen LogP) is 4.45. The van der Waals surface area contributed by atoms with Gasteiger partial charge in [0, 0.05) is 30.7 Å². The summed E-state index contributed by atoms with van der Waals surface area (Å²) in [5.41, 5.74) is 0.639. The van der Waals surface area contributed by atoms with Gasteiger partial charge in [0.15, 0.2) is 0 Å². The summed E-state index contributed by atoms with van der Waals surface area (Å²) in [6, 6.07) is 5.86. The van der Waals surface area contributed by atoms with Crippen molar-refractivity contribution >= 4 is 33.6 Å². The molecule has 1 N–H and O–H groups in total. The van der Waals surface area contributed by atoms with E-state index >= 15 is 0 Å². The van der Waals surface area contributed by atoms with Gasteiger partial charge in [-0.1, -0.05) is 17.7 Å². The predicted molar refractivity (Wildman–Crippen MR) is 94.3 cm³/mol. The van der Waals surface area contributed by atoms with Gasteiger partial charge in [-0.05, 0) is 61.3 Å². The first-order valence-corrected chi connectivity index (χ1v) is 8.52. The molecule has 0 radical (unpaired) electrons. The van der Waals surface area contributed by atoms with E-state index in [0.717, 1.165) is 10.0 Å². The zero-order valence-corrected chi connectivity index (χ0v) is 15.9. The van der Waals surface area contributed by atoms with Gasteiger partial charge in [-0.3, -0.25) is 0 Å². The Morgan fingerprint density at radius 2 is 2.09 bits per heavy atom. The zero-order valence-electron chi connectivity index (χ0n) is 13.6. The summed E-state index contributed by atoms with van der Waals surface area (Å²) in [6.45, 7) is 10.2. The highest BCUT2D eigenvalue weighted by molar-refractivity contribution is 9.10. The summed E-state index contributed by atoms with van der Waals surface area (Å²) in [6.07, 6.45) is -0.275. The van der Waals surface area contributed by atoms with E-state index in [4.69, 9.17) is 16.3 Å². The van der Waals surface area contributed by atoms with Gasteiger partial charge in [-0.25, -0.2) is 4.79 Å². The number of nitrogens with zero attached hydrogens (tertiary/aromatic N) is 1. The van der Waals surface area contributed by atoms with Crippen molar-refractivity contribution in [2.24, 2.45) is 0 Å². The maximum atomic E-state index is 12.0. The summed E-state index contributed by atoms with van der Waals surface area (Å²) >= 11 is 9.43. The van der Waals surface area contributed by atoms with Crippen molar-refractivity contribution in [3.63, 3.8) is 0 Å². The molecule has 0 aliphatic rings. The molecule has 0 aliphatic heterocycles. The van der Waals surface area contributed by atoms with E-state index in [9.17, 15) is 4.79 Å². The fraction of sp³-hybridized carbons (Fsp3) is 0.562. The van der Waals surface area contributed by atoms with Crippen LogP contribution in [0.1, 0.15) is 33.3 Å². The van der Waals surface area contributed by atoms with Crippen LogP contribution in [-0.4, -0.2) is 36.2 Å². The SMILES string of the molecule is CCN(CCNCc1ccc(Br)c(Cl)c1)C(=O)OC(C)(C)C. The average Bonchev–Trinajstić information content (AvgIpc) is 2.40. The molecule has 4 nitrogen and oxygen atoms in total. The molecule has 0 fully saturated rings. The molecule has 0 spiro atoms. The maximum absolute atomic E-state index is 12.0. The van der Waals surface area contributed by atoms with Gasteiger partial charge in [-0.2, -0.15) is 0 Å². The molecule has 22 heavy (non-hydrogen) atoms. The minimum absolute atomic E-state index is 0.275. The Bertz CT molecular complexity index is 503. The summed E-state index contributed by atoms with van der Waals surface area (Å²) in [5.74, 6) is 0. The first-order valence-electron chi connectivity index (χ1n) is 7.35. The minimum atomic E-state index is -0.466. The second-order valence-electron chi connectivity index (χ2n) is 5.99. The van der Waals surface area contributed by atoms with Crippen molar-refractivity contribution < 1.29 is 9.53 Å². The largest absolute Gasteiger partial charge is 0.444 e. The van der Waals surface area contributed by atoms with Crippen LogP contribution in [0.2, 0.25) is 5.02 Å². The first-order chi connectivity index (χ1) is 10.2. The van der Waals surface area contributed by atoms with Crippen LogP contribution < -0.4 is 5.32 Å². The molecule has 0 heterocycles. The van der Waals surface area contributed by atoms with E-state index in [2.05, 4.69) is 21.2 Å². The molecule has 1 amide bonds. The molecule has 124 valence electrons. The first kappa shape index (κ1) is 19.3. The highest BCUT2D eigenvalue weighted by atomic mass is 79.9. The zero-order chi connectivity index (χ0) is 16.8. The number of rotatable bonds is 6. The Labute approximate surface area is 146 Å². The van der Waals surface area contributed by atoms with E-state index in [-0.39, 0.29) is 6.09 Å². The third-order valence-corrected chi connectivity index (χ3v) is 4.14. The van der Waals surface area contributed by atoms with E-state index in [1.165, 1.54) is 0 Å². The Kier molecular flexibility index (Phi) is 7.66. The van der Waals surface area contributed by atoms with E-state index in [1.807, 2.05) is 45.9 Å². The molecule has 1 aromatic rings. The number of ether oxygens (including phenoxy) is 1.